The van der Waals surface area contributed by atoms with Gasteiger partial charge in [-0.2, -0.15) is 0 Å². The summed E-state index contributed by atoms with van der Waals surface area (Å²) in [4.78, 5) is 14.8. The first-order chi connectivity index (χ1) is 13.3. The van der Waals surface area contributed by atoms with Crippen molar-refractivity contribution < 1.29 is 9.53 Å². The van der Waals surface area contributed by atoms with Gasteiger partial charge in [0.15, 0.2) is 0 Å². The smallest absolute Gasteiger partial charge is 0.255 e. The lowest BCUT2D eigenvalue weighted by Gasteiger charge is -2.24. The van der Waals surface area contributed by atoms with E-state index in [1.54, 1.807) is 11.8 Å². The van der Waals surface area contributed by atoms with Crippen LogP contribution in [0.3, 0.4) is 0 Å². The standard InChI is InChI=1S/C23H21NO2S/c25-22(19-9-5-2-6-10-19)24-15-16-27-23(24)20-11-13-21(14-12-20)26-17-18-7-3-1-4-8-18/h1-14,23H,15-17H2. The van der Waals surface area contributed by atoms with Gasteiger partial charge in [0.25, 0.3) is 5.91 Å². The monoisotopic (exact) mass is 375 g/mol. The van der Waals surface area contributed by atoms with E-state index in [1.165, 1.54) is 0 Å². The zero-order valence-electron chi connectivity index (χ0n) is 15.0. The van der Waals surface area contributed by atoms with Crippen LogP contribution in [0.5, 0.6) is 5.75 Å². The minimum atomic E-state index is 0.0564. The maximum Gasteiger partial charge on any atom is 0.255 e. The Morgan fingerprint density at radius 3 is 2.30 bits per heavy atom. The summed E-state index contributed by atoms with van der Waals surface area (Å²) in [5.74, 6) is 1.89. The van der Waals surface area contributed by atoms with Crippen LogP contribution in [0, 0.1) is 0 Å². The molecule has 1 fully saturated rings. The largest absolute Gasteiger partial charge is 0.489 e. The Labute approximate surface area is 164 Å². The first-order valence-electron chi connectivity index (χ1n) is 9.05. The van der Waals surface area contributed by atoms with Crippen LogP contribution in [-0.4, -0.2) is 23.1 Å². The quantitative estimate of drug-likeness (QED) is 0.617. The number of benzene rings is 3. The molecule has 1 saturated heterocycles. The Balaban J connectivity index is 1.44. The van der Waals surface area contributed by atoms with Gasteiger partial charge in [-0.1, -0.05) is 60.7 Å². The lowest BCUT2D eigenvalue weighted by Crippen LogP contribution is -2.30. The van der Waals surface area contributed by atoms with Crippen LogP contribution < -0.4 is 4.74 Å². The molecule has 0 N–H and O–H groups in total. The molecule has 1 atom stereocenters. The Morgan fingerprint density at radius 2 is 1.59 bits per heavy atom. The predicted molar refractivity (Wildman–Crippen MR) is 110 cm³/mol. The Kier molecular flexibility index (Phi) is 5.45. The van der Waals surface area contributed by atoms with E-state index in [9.17, 15) is 4.79 Å². The third-order valence-electron chi connectivity index (χ3n) is 4.59. The zero-order chi connectivity index (χ0) is 18.5. The number of carbonyl (C=O) groups excluding carboxylic acids is 1. The van der Waals surface area contributed by atoms with Crippen LogP contribution in [-0.2, 0) is 6.61 Å². The first kappa shape index (κ1) is 17.7. The van der Waals surface area contributed by atoms with Crippen LogP contribution in [0.15, 0.2) is 84.9 Å². The van der Waals surface area contributed by atoms with Gasteiger partial charge in [-0.25, -0.2) is 0 Å². The van der Waals surface area contributed by atoms with Crippen LogP contribution in [0.1, 0.15) is 26.9 Å². The normalized spacial score (nSPS) is 16.3. The molecular formula is C23H21NO2S. The van der Waals surface area contributed by atoms with Crippen molar-refractivity contribution in [3.8, 4) is 5.75 Å². The van der Waals surface area contributed by atoms with Crippen molar-refractivity contribution >= 4 is 17.7 Å². The molecule has 1 heterocycles. The first-order valence-corrected chi connectivity index (χ1v) is 10.1. The SMILES string of the molecule is O=C(c1ccccc1)N1CCSC1c1ccc(OCc2ccccc2)cc1. The van der Waals surface area contributed by atoms with Gasteiger partial charge in [0, 0.05) is 17.9 Å². The van der Waals surface area contributed by atoms with Crippen LogP contribution in [0.25, 0.3) is 0 Å². The fourth-order valence-electron chi connectivity index (χ4n) is 3.17. The van der Waals surface area contributed by atoms with Crippen molar-refractivity contribution in [1.29, 1.82) is 0 Å². The number of ether oxygens (including phenoxy) is 1. The Bertz CT molecular complexity index is 881. The topological polar surface area (TPSA) is 29.5 Å². The molecule has 3 aromatic rings. The number of carbonyl (C=O) groups is 1. The summed E-state index contributed by atoms with van der Waals surface area (Å²) in [6.07, 6.45) is 0. The van der Waals surface area contributed by atoms with Crippen LogP contribution in [0.2, 0.25) is 0 Å². The van der Waals surface area contributed by atoms with Gasteiger partial charge in [-0.15, -0.1) is 11.8 Å². The van der Waals surface area contributed by atoms with Crippen molar-refractivity contribution in [2.75, 3.05) is 12.3 Å². The number of rotatable bonds is 5. The second-order valence-corrected chi connectivity index (χ2v) is 7.62. The number of hydrogen-bond acceptors (Lipinski definition) is 3. The minimum Gasteiger partial charge on any atom is -0.489 e. The van der Waals surface area contributed by atoms with Gasteiger partial charge < -0.3 is 9.64 Å². The fourth-order valence-corrected chi connectivity index (χ4v) is 4.43. The molecule has 1 amide bonds. The van der Waals surface area contributed by atoms with E-state index in [0.29, 0.717) is 6.61 Å². The zero-order valence-corrected chi connectivity index (χ0v) is 15.8. The van der Waals surface area contributed by atoms with Gasteiger partial charge >= 0.3 is 0 Å². The molecule has 0 spiro atoms. The third kappa shape index (κ3) is 4.17. The summed E-state index contributed by atoms with van der Waals surface area (Å²) in [6.45, 7) is 1.33. The number of thioether (sulfide) groups is 1. The maximum atomic E-state index is 12.8. The summed E-state index contributed by atoms with van der Waals surface area (Å²) in [5, 5.41) is 0.0564. The molecule has 0 aromatic heterocycles. The van der Waals surface area contributed by atoms with Gasteiger partial charge in [0.05, 0.1) is 0 Å². The van der Waals surface area contributed by atoms with Crippen molar-refractivity contribution in [3.05, 3.63) is 102 Å². The van der Waals surface area contributed by atoms with E-state index in [1.807, 2.05) is 65.6 Å². The van der Waals surface area contributed by atoms with E-state index in [2.05, 4.69) is 24.3 Å². The van der Waals surface area contributed by atoms with E-state index in [-0.39, 0.29) is 11.3 Å². The lowest BCUT2D eigenvalue weighted by atomic mass is 10.1. The Morgan fingerprint density at radius 1 is 0.926 bits per heavy atom. The molecule has 0 saturated carbocycles. The molecule has 0 aliphatic carbocycles. The molecule has 1 aliphatic heterocycles. The van der Waals surface area contributed by atoms with Crippen molar-refractivity contribution in [2.45, 2.75) is 12.0 Å². The van der Waals surface area contributed by atoms with E-state index in [4.69, 9.17) is 4.74 Å². The van der Waals surface area contributed by atoms with Gasteiger partial charge in [-0.3, -0.25) is 4.79 Å². The summed E-state index contributed by atoms with van der Waals surface area (Å²) >= 11 is 1.81. The molecule has 0 bridgehead atoms. The van der Waals surface area contributed by atoms with Crippen LogP contribution in [0.4, 0.5) is 0 Å². The summed E-state index contributed by atoms with van der Waals surface area (Å²) < 4.78 is 5.87. The highest BCUT2D eigenvalue weighted by molar-refractivity contribution is 7.99. The highest BCUT2D eigenvalue weighted by Gasteiger charge is 2.31. The summed E-state index contributed by atoms with van der Waals surface area (Å²) in [6, 6.07) is 27.7. The predicted octanol–water partition coefficient (Wildman–Crippen LogP) is 5.15. The molecule has 0 radical (unpaired) electrons. The number of hydrogen-bond donors (Lipinski definition) is 0. The van der Waals surface area contributed by atoms with E-state index >= 15 is 0 Å². The molecule has 4 heteroatoms. The second kappa shape index (κ2) is 8.31. The van der Waals surface area contributed by atoms with Crippen molar-refractivity contribution in [2.24, 2.45) is 0 Å². The molecule has 1 aliphatic rings. The molecule has 3 aromatic carbocycles. The average Bonchev–Trinajstić information content (AvgIpc) is 3.23. The van der Waals surface area contributed by atoms with Crippen molar-refractivity contribution in [1.82, 2.24) is 4.90 Å². The van der Waals surface area contributed by atoms with Gasteiger partial charge in [0.1, 0.15) is 17.7 Å². The molecular weight excluding hydrogens is 354 g/mol. The molecule has 27 heavy (non-hydrogen) atoms. The average molecular weight is 375 g/mol. The number of amides is 1. The molecule has 3 nitrogen and oxygen atoms in total. The molecule has 4 rings (SSSR count). The maximum absolute atomic E-state index is 12.8. The third-order valence-corrected chi connectivity index (χ3v) is 5.85. The van der Waals surface area contributed by atoms with Crippen LogP contribution >= 0.6 is 11.8 Å². The van der Waals surface area contributed by atoms with E-state index in [0.717, 1.165) is 34.7 Å². The van der Waals surface area contributed by atoms with Gasteiger partial charge in [0.2, 0.25) is 0 Å². The summed E-state index contributed by atoms with van der Waals surface area (Å²) in [5.41, 5.74) is 3.02. The molecule has 136 valence electrons. The minimum absolute atomic E-state index is 0.0564. The number of nitrogens with zero attached hydrogens (tertiary/aromatic N) is 1. The molecule has 1 unspecified atom stereocenters. The summed E-state index contributed by atoms with van der Waals surface area (Å²) in [7, 11) is 0. The highest BCUT2D eigenvalue weighted by Crippen LogP contribution is 2.39. The Hall–Kier alpha value is -2.72. The lowest BCUT2D eigenvalue weighted by molar-refractivity contribution is 0.0760. The van der Waals surface area contributed by atoms with Gasteiger partial charge in [-0.05, 0) is 35.4 Å². The van der Waals surface area contributed by atoms with E-state index < -0.39 is 0 Å². The fraction of sp³-hybridized carbons (Fsp3) is 0.174. The van der Waals surface area contributed by atoms with Crippen molar-refractivity contribution in [3.63, 3.8) is 0 Å². The second-order valence-electron chi connectivity index (χ2n) is 6.43. The highest BCUT2D eigenvalue weighted by atomic mass is 32.2.